The Kier molecular flexibility index (Phi) is 5.51. The highest BCUT2D eigenvalue weighted by Gasteiger charge is 2.18. The van der Waals surface area contributed by atoms with Crippen LogP contribution >= 0.6 is 0 Å². The summed E-state index contributed by atoms with van der Waals surface area (Å²) in [7, 11) is 1.55. The Balaban J connectivity index is 2.40. The highest BCUT2D eigenvalue weighted by molar-refractivity contribution is 5.98. The molecule has 0 fully saturated rings. The van der Waals surface area contributed by atoms with E-state index in [9.17, 15) is 9.59 Å². The highest BCUT2D eigenvalue weighted by Crippen LogP contribution is 2.34. The first-order valence-corrected chi connectivity index (χ1v) is 8.08. The second kappa shape index (κ2) is 7.42. The van der Waals surface area contributed by atoms with E-state index < -0.39 is 17.9 Å². The van der Waals surface area contributed by atoms with Crippen molar-refractivity contribution >= 4 is 28.4 Å². The van der Waals surface area contributed by atoms with Gasteiger partial charge in [0.05, 0.1) is 7.11 Å². The summed E-state index contributed by atoms with van der Waals surface area (Å²) in [6, 6.07) is 2.82. The molecular formula is C19H23NO5. The second-order valence-corrected chi connectivity index (χ2v) is 5.97. The lowest BCUT2D eigenvalue weighted by Gasteiger charge is -2.12. The quantitative estimate of drug-likeness (QED) is 0.783. The summed E-state index contributed by atoms with van der Waals surface area (Å²) in [4.78, 5) is 23.2. The molecule has 0 aliphatic rings. The van der Waals surface area contributed by atoms with E-state index in [0.29, 0.717) is 17.7 Å². The molecule has 0 aliphatic carbocycles. The third kappa shape index (κ3) is 3.84. The zero-order valence-electron chi connectivity index (χ0n) is 15.1. The molecular weight excluding hydrogens is 322 g/mol. The monoisotopic (exact) mass is 345 g/mol. The summed E-state index contributed by atoms with van der Waals surface area (Å²) < 4.78 is 11.1. The van der Waals surface area contributed by atoms with Crippen molar-refractivity contribution in [2.45, 2.75) is 40.2 Å². The number of carbonyl (C=O) groups excluding carboxylic acids is 1. The molecule has 2 aromatic rings. The number of rotatable bonds is 6. The lowest BCUT2D eigenvalue weighted by atomic mass is 10.0. The minimum atomic E-state index is -1.05. The zero-order chi connectivity index (χ0) is 18.7. The van der Waals surface area contributed by atoms with Gasteiger partial charge < -0.3 is 19.6 Å². The summed E-state index contributed by atoms with van der Waals surface area (Å²) >= 11 is 0. The van der Waals surface area contributed by atoms with E-state index >= 15 is 0 Å². The van der Waals surface area contributed by atoms with E-state index in [-0.39, 0.29) is 0 Å². The maximum atomic E-state index is 12.1. The Morgan fingerprint density at radius 1 is 1.36 bits per heavy atom. The van der Waals surface area contributed by atoms with Crippen LogP contribution in [0.5, 0.6) is 5.75 Å². The number of aliphatic carboxylic acids is 1. The largest absolute Gasteiger partial charge is 0.496 e. The molecule has 1 aromatic carbocycles. The molecule has 6 nitrogen and oxygen atoms in total. The first-order valence-electron chi connectivity index (χ1n) is 8.08. The first-order chi connectivity index (χ1) is 11.8. The summed E-state index contributed by atoms with van der Waals surface area (Å²) in [5, 5.41) is 12.5. The predicted octanol–water partition coefficient (Wildman–Crippen LogP) is 3.44. The maximum Gasteiger partial charge on any atom is 0.326 e. The van der Waals surface area contributed by atoms with Crippen molar-refractivity contribution in [3.05, 3.63) is 35.1 Å². The third-order valence-electron chi connectivity index (χ3n) is 4.29. The summed E-state index contributed by atoms with van der Waals surface area (Å²) in [5.74, 6) is -0.0757. The number of carbonyl (C=O) groups is 2. The number of fused-ring (bicyclic) bond motifs is 1. The van der Waals surface area contributed by atoms with Crippen molar-refractivity contribution in [2.24, 2.45) is 0 Å². The van der Waals surface area contributed by atoms with Gasteiger partial charge in [0.2, 0.25) is 5.91 Å². The van der Waals surface area contributed by atoms with E-state index in [2.05, 4.69) is 5.32 Å². The molecule has 1 aromatic heterocycles. The van der Waals surface area contributed by atoms with E-state index in [1.165, 1.54) is 6.08 Å². The number of nitrogens with one attached hydrogen (secondary N) is 1. The van der Waals surface area contributed by atoms with Gasteiger partial charge in [0.15, 0.2) is 0 Å². The minimum absolute atomic E-state index is 0.316. The van der Waals surface area contributed by atoms with Gasteiger partial charge in [-0.2, -0.15) is 0 Å². The van der Waals surface area contributed by atoms with E-state index in [1.807, 2.05) is 19.9 Å². The van der Waals surface area contributed by atoms with Gasteiger partial charge in [-0.1, -0.05) is 6.92 Å². The van der Waals surface area contributed by atoms with Crippen LogP contribution in [0.4, 0.5) is 0 Å². The van der Waals surface area contributed by atoms with Crippen LogP contribution in [0.3, 0.4) is 0 Å². The lowest BCUT2D eigenvalue weighted by Crippen LogP contribution is -2.39. The molecule has 0 bridgehead atoms. The van der Waals surface area contributed by atoms with Crippen LogP contribution in [-0.2, 0) is 9.59 Å². The molecule has 0 aliphatic heterocycles. The van der Waals surface area contributed by atoms with Crippen molar-refractivity contribution in [2.75, 3.05) is 7.11 Å². The number of carboxylic acids is 1. The van der Waals surface area contributed by atoms with Gasteiger partial charge in [-0.3, -0.25) is 4.79 Å². The molecule has 1 amide bonds. The third-order valence-corrected chi connectivity index (χ3v) is 4.29. The van der Waals surface area contributed by atoms with Gasteiger partial charge in [0.1, 0.15) is 23.1 Å². The summed E-state index contributed by atoms with van der Waals surface area (Å²) in [5.41, 5.74) is 3.20. The van der Waals surface area contributed by atoms with Gasteiger partial charge in [-0.15, -0.1) is 0 Å². The van der Waals surface area contributed by atoms with Crippen LogP contribution in [0.1, 0.15) is 37.2 Å². The molecule has 0 saturated carbocycles. The number of methoxy groups -OCH3 is 1. The molecule has 25 heavy (non-hydrogen) atoms. The van der Waals surface area contributed by atoms with Gasteiger partial charge in [-0.05, 0) is 44.4 Å². The molecule has 2 rings (SSSR count). The molecule has 0 spiro atoms. The summed E-state index contributed by atoms with van der Waals surface area (Å²) in [6.07, 6.45) is 1.70. The fourth-order valence-electron chi connectivity index (χ4n) is 2.67. The molecule has 0 saturated heterocycles. The fourth-order valence-corrected chi connectivity index (χ4v) is 2.67. The van der Waals surface area contributed by atoms with Crippen LogP contribution in [0.25, 0.3) is 16.5 Å². The average molecular weight is 345 g/mol. The van der Waals surface area contributed by atoms with Crippen molar-refractivity contribution in [1.29, 1.82) is 0 Å². The number of carboxylic acid groups (broad SMARTS) is 1. The molecule has 134 valence electrons. The van der Waals surface area contributed by atoms with Crippen LogP contribution in [0.15, 0.2) is 22.6 Å². The second-order valence-electron chi connectivity index (χ2n) is 5.97. The molecule has 1 atom stereocenters. The number of hydrogen-bond acceptors (Lipinski definition) is 4. The Morgan fingerprint density at radius 2 is 2.04 bits per heavy atom. The number of aryl methyl sites for hydroxylation is 2. The summed E-state index contributed by atoms with van der Waals surface area (Å²) in [6.45, 7) is 7.36. The van der Waals surface area contributed by atoms with Crippen molar-refractivity contribution in [1.82, 2.24) is 5.32 Å². The van der Waals surface area contributed by atoms with Crippen molar-refractivity contribution in [3.8, 4) is 5.75 Å². The van der Waals surface area contributed by atoms with Gasteiger partial charge in [-0.25, -0.2) is 4.79 Å². The lowest BCUT2D eigenvalue weighted by molar-refractivity contribution is -0.141. The SMILES string of the molecule is CCC(NC(=O)/C=C(\C)c1cc2c(C)c(C)oc2cc1OC)C(=O)O. The molecule has 6 heteroatoms. The molecule has 1 unspecified atom stereocenters. The highest BCUT2D eigenvalue weighted by atomic mass is 16.5. The normalized spacial score (nSPS) is 12.9. The number of furan rings is 1. The number of hydrogen-bond donors (Lipinski definition) is 2. The Bertz CT molecular complexity index is 847. The van der Waals surface area contributed by atoms with Crippen LogP contribution in [-0.4, -0.2) is 30.1 Å². The molecule has 0 radical (unpaired) electrons. The smallest absolute Gasteiger partial charge is 0.326 e. The topological polar surface area (TPSA) is 88.8 Å². The van der Waals surface area contributed by atoms with Gasteiger partial charge in [0.25, 0.3) is 0 Å². The first kappa shape index (κ1) is 18.6. The van der Waals surface area contributed by atoms with Crippen molar-refractivity contribution in [3.63, 3.8) is 0 Å². The van der Waals surface area contributed by atoms with Crippen LogP contribution < -0.4 is 10.1 Å². The Hall–Kier alpha value is -2.76. The van der Waals surface area contributed by atoms with E-state index in [0.717, 1.165) is 27.9 Å². The van der Waals surface area contributed by atoms with E-state index in [1.54, 1.807) is 27.0 Å². The van der Waals surface area contributed by atoms with Crippen LogP contribution in [0.2, 0.25) is 0 Å². The van der Waals surface area contributed by atoms with E-state index in [4.69, 9.17) is 14.3 Å². The number of ether oxygens (including phenoxy) is 1. The van der Waals surface area contributed by atoms with Gasteiger partial charge >= 0.3 is 5.97 Å². The minimum Gasteiger partial charge on any atom is -0.496 e. The standard InChI is InChI=1S/C19H23NO5/c1-6-15(19(22)23)20-18(21)7-10(2)13-8-14-11(3)12(4)25-17(14)9-16(13)24-5/h7-9,15H,6H2,1-5H3,(H,20,21)(H,22,23)/b10-7+. The van der Waals surface area contributed by atoms with Crippen molar-refractivity contribution < 1.29 is 23.8 Å². The van der Waals surface area contributed by atoms with Crippen LogP contribution in [0, 0.1) is 13.8 Å². The average Bonchev–Trinajstić information content (AvgIpc) is 2.84. The fraction of sp³-hybridized carbons (Fsp3) is 0.368. The number of amides is 1. The molecule has 1 heterocycles. The van der Waals surface area contributed by atoms with Gasteiger partial charge in [0, 0.05) is 23.1 Å². The number of benzene rings is 1. The maximum absolute atomic E-state index is 12.1. The zero-order valence-corrected chi connectivity index (χ0v) is 15.1. The predicted molar refractivity (Wildman–Crippen MR) is 95.7 cm³/mol. The molecule has 2 N–H and O–H groups in total. The number of allylic oxidation sites excluding steroid dienone is 1. The Labute approximate surface area is 146 Å². The Morgan fingerprint density at radius 3 is 2.60 bits per heavy atom.